The van der Waals surface area contributed by atoms with E-state index in [0.29, 0.717) is 0 Å². The van der Waals surface area contributed by atoms with Crippen LogP contribution in [0.3, 0.4) is 0 Å². The Morgan fingerprint density at radius 1 is 2.00 bits per heavy atom. The molecule has 0 fully saturated rings. The SMILES string of the molecule is N#COI. The highest BCUT2D eigenvalue weighted by atomic mass is 127. The number of hydrogen-bond acceptors (Lipinski definition) is 2. The number of nitriles is 1. The van der Waals surface area contributed by atoms with E-state index in [1.54, 1.807) is 0 Å². The van der Waals surface area contributed by atoms with Crippen molar-refractivity contribution in [3.63, 3.8) is 0 Å². The first-order valence-corrected chi connectivity index (χ1v) is 1.46. The Morgan fingerprint density at radius 2 is 2.25 bits per heavy atom. The third kappa shape index (κ3) is 2.02. The van der Waals surface area contributed by atoms with Crippen molar-refractivity contribution in [1.29, 1.82) is 5.26 Å². The molecule has 0 aliphatic rings. The Balaban J connectivity index is 2.43. The summed E-state index contributed by atoms with van der Waals surface area (Å²) in [6.07, 6.45) is 1.42. The summed E-state index contributed by atoms with van der Waals surface area (Å²) in [5.41, 5.74) is 0. The van der Waals surface area contributed by atoms with Gasteiger partial charge in [-0.2, -0.15) is 0 Å². The molecule has 0 N–H and O–H groups in total. The molecule has 0 radical (unpaired) electrons. The summed E-state index contributed by atoms with van der Waals surface area (Å²) < 4.78 is 3.82. The molecule has 0 unspecified atom stereocenters. The maximum atomic E-state index is 7.40. The van der Waals surface area contributed by atoms with E-state index in [1.807, 2.05) is 0 Å². The fourth-order valence-electron chi connectivity index (χ4n) is 0. The first-order valence-electron chi connectivity index (χ1n) is 0.582. The third-order valence-electron chi connectivity index (χ3n) is 0.0345. The van der Waals surface area contributed by atoms with E-state index in [9.17, 15) is 0 Å². The molecule has 0 saturated heterocycles. The summed E-state index contributed by atoms with van der Waals surface area (Å²) in [5, 5.41) is 7.40. The van der Waals surface area contributed by atoms with Crippen molar-refractivity contribution in [3.8, 4) is 6.26 Å². The van der Waals surface area contributed by atoms with Gasteiger partial charge in [0.25, 0.3) is 6.26 Å². The Hall–Kier alpha value is 0.0200. The van der Waals surface area contributed by atoms with E-state index < -0.39 is 0 Å². The summed E-state index contributed by atoms with van der Waals surface area (Å²) in [4.78, 5) is 0. The predicted molar refractivity (Wildman–Crippen MR) is 20.7 cm³/mol. The molecule has 0 rings (SSSR count). The molecular formula is CINO. The van der Waals surface area contributed by atoms with Crippen LogP contribution in [0.25, 0.3) is 0 Å². The highest BCUT2D eigenvalue weighted by molar-refractivity contribution is 14.1. The fourth-order valence-corrected chi connectivity index (χ4v) is 0. The standard InChI is InChI=1S/CINO/c2-4-1-3. The second-order valence-electron chi connectivity index (χ2n) is 0.168. The molecule has 0 aromatic heterocycles. The van der Waals surface area contributed by atoms with Crippen molar-refractivity contribution in [2.24, 2.45) is 0 Å². The van der Waals surface area contributed by atoms with Gasteiger partial charge in [0.1, 0.15) is 0 Å². The second kappa shape index (κ2) is 3.02. The largest absolute Gasteiger partial charge is 0.357 e. The minimum Gasteiger partial charge on any atom is -0.357 e. The molecule has 0 aliphatic heterocycles. The summed E-state index contributed by atoms with van der Waals surface area (Å²) >= 11 is 1.49. The molecule has 3 heteroatoms. The van der Waals surface area contributed by atoms with Crippen LogP contribution in [0.4, 0.5) is 0 Å². The van der Waals surface area contributed by atoms with Gasteiger partial charge in [-0.3, -0.25) is 0 Å². The van der Waals surface area contributed by atoms with Crippen LogP contribution in [0.15, 0.2) is 0 Å². The van der Waals surface area contributed by atoms with E-state index >= 15 is 0 Å². The van der Waals surface area contributed by atoms with Crippen LogP contribution in [0, 0.1) is 11.5 Å². The van der Waals surface area contributed by atoms with Crippen LogP contribution >= 0.6 is 23.0 Å². The average molecular weight is 169 g/mol. The van der Waals surface area contributed by atoms with Crippen LogP contribution < -0.4 is 0 Å². The molecule has 0 heterocycles. The van der Waals surface area contributed by atoms with Gasteiger partial charge in [-0.15, -0.1) is 5.26 Å². The van der Waals surface area contributed by atoms with Gasteiger partial charge in [0.15, 0.2) is 0 Å². The molecule has 0 atom stereocenters. The van der Waals surface area contributed by atoms with Crippen LogP contribution in [-0.4, -0.2) is 0 Å². The molecular weight excluding hydrogens is 169 g/mol. The molecule has 22 valence electrons. The highest BCUT2D eigenvalue weighted by Gasteiger charge is 1.47. The summed E-state index contributed by atoms with van der Waals surface area (Å²) in [6, 6.07) is 0. The van der Waals surface area contributed by atoms with E-state index in [1.165, 1.54) is 29.3 Å². The van der Waals surface area contributed by atoms with Gasteiger partial charge in [-0.25, -0.2) is 0 Å². The van der Waals surface area contributed by atoms with Crippen LogP contribution in [-0.2, 0) is 3.07 Å². The van der Waals surface area contributed by atoms with Gasteiger partial charge in [0.2, 0.25) is 23.0 Å². The zero-order valence-electron chi connectivity index (χ0n) is 1.73. The molecule has 4 heavy (non-hydrogen) atoms. The van der Waals surface area contributed by atoms with Gasteiger partial charge in [-0.05, 0) is 0 Å². The van der Waals surface area contributed by atoms with E-state index in [-0.39, 0.29) is 0 Å². The number of nitrogens with zero attached hydrogens (tertiary/aromatic N) is 1. The molecule has 0 bridgehead atoms. The maximum absolute atomic E-state index is 7.40. The fraction of sp³-hybridized carbons (Fsp3) is 0. The minimum absolute atomic E-state index is 1.42. The van der Waals surface area contributed by atoms with Crippen LogP contribution in [0.2, 0.25) is 0 Å². The van der Waals surface area contributed by atoms with Gasteiger partial charge < -0.3 is 3.07 Å². The Morgan fingerprint density at radius 3 is 2.25 bits per heavy atom. The lowest BCUT2D eigenvalue weighted by Crippen LogP contribution is -1.38. The van der Waals surface area contributed by atoms with Crippen molar-refractivity contribution in [1.82, 2.24) is 0 Å². The molecule has 0 saturated carbocycles. The first-order chi connectivity index (χ1) is 1.91. The third-order valence-corrected chi connectivity index (χ3v) is 0.231. The Kier molecular flexibility index (Phi) is 3.04. The average Bonchev–Trinajstić information content (AvgIpc) is 1.37. The topological polar surface area (TPSA) is 33.0 Å². The lowest BCUT2D eigenvalue weighted by atomic mass is 11.6. The van der Waals surface area contributed by atoms with Gasteiger partial charge in [0.05, 0.1) is 0 Å². The highest BCUT2D eigenvalue weighted by Crippen LogP contribution is 1.74. The smallest absolute Gasteiger partial charge is 0.296 e. The number of rotatable bonds is 0. The predicted octanol–water partition coefficient (Wildman–Crippen LogP) is 0.834. The van der Waals surface area contributed by atoms with Gasteiger partial charge in [-0.1, -0.05) is 0 Å². The van der Waals surface area contributed by atoms with Crippen molar-refractivity contribution in [2.75, 3.05) is 0 Å². The van der Waals surface area contributed by atoms with Crippen LogP contribution in [0.5, 0.6) is 0 Å². The first kappa shape index (κ1) is 4.02. The summed E-state index contributed by atoms with van der Waals surface area (Å²) in [5.74, 6) is 0. The van der Waals surface area contributed by atoms with Crippen molar-refractivity contribution < 1.29 is 3.07 Å². The minimum atomic E-state index is 1.42. The molecule has 0 aliphatic carbocycles. The van der Waals surface area contributed by atoms with Crippen molar-refractivity contribution in [3.05, 3.63) is 0 Å². The number of hydrogen-bond donors (Lipinski definition) is 0. The Labute approximate surface area is 38.1 Å². The molecule has 0 spiro atoms. The molecule has 0 aromatic rings. The van der Waals surface area contributed by atoms with Crippen molar-refractivity contribution >= 4 is 23.0 Å². The normalized spacial score (nSPS) is 4.00. The second-order valence-corrected chi connectivity index (χ2v) is 0.609. The quantitative estimate of drug-likeness (QED) is 0.397. The number of halogens is 1. The molecule has 0 amide bonds. The summed E-state index contributed by atoms with van der Waals surface area (Å²) in [7, 11) is 0. The molecule has 2 nitrogen and oxygen atoms in total. The Bertz CT molecular complexity index is 37.8. The van der Waals surface area contributed by atoms with E-state index in [4.69, 9.17) is 5.26 Å². The lowest BCUT2D eigenvalue weighted by molar-refractivity contribution is 0.666. The van der Waals surface area contributed by atoms with E-state index in [2.05, 4.69) is 3.07 Å². The molecule has 0 aromatic carbocycles. The maximum Gasteiger partial charge on any atom is 0.296 e. The van der Waals surface area contributed by atoms with E-state index in [0.717, 1.165) is 0 Å². The monoisotopic (exact) mass is 169 g/mol. The van der Waals surface area contributed by atoms with Crippen LogP contribution in [0.1, 0.15) is 0 Å². The van der Waals surface area contributed by atoms with Gasteiger partial charge in [0, 0.05) is 0 Å². The van der Waals surface area contributed by atoms with Crippen molar-refractivity contribution in [2.45, 2.75) is 0 Å². The summed E-state index contributed by atoms with van der Waals surface area (Å²) in [6.45, 7) is 0. The lowest BCUT2D eigenvalue weighted by Gasteiger charge is -1.55. The van der Waals surface area contributed by atoms with Gasteiger partial charge >= 0.3 is 0 Å². The zero-order chi connectivity index (χ0) is 3.41. The zero-order valence-corrected chi connectivity index (χ0v) is 3.89.